The van der Waals surface area contributed by atoms with Crippen LogP contribution in [0.15, 0.2) is 30.3 Å². The van der Waals surface area contributed by atoms with Crippen LogP contribution in [0.3, 0.4) is 0 Å². The van der Waals surface area contributed by atoms with Crippen molar-refractivity contribution in [2.45, 2.75) is 38.4 Å². The second-order valence-corrected chi connectivity index (χ2v) is 5.72. The number of piperidine rings is 1. The van der Waals surface area contributed by atoms with Crippen LogP contribution in [0, 0.1) is 0 Å². The van der Waals surface area contributed by atoms with Crippen molar-refractivity contribution in [2.75, 3.05) is 13.1 Å². The molecule has 0 aliphatic carbocycles. The number of benzene rings is 1. The molecule has 2 aromatic rings. The van der Waals surface area contributed by atoms with Gasteiger partial charge in [-0.25, -0.2) is 0 Å². The van der Waals surface area contributed by atoms with E-state index in [1.54, 1.807) is 0 Å². The van der Waals surface area contributed by atoms with Crippen molar-refractivity contribution >= 4 is 0 Å². The largest absolute Gasteiger partial charge is 0.303 e. The van der Waals surface area contributed by atoms with E-state index in [4.69, 9.17) is 0 Å². The van der Waals surface area contributed by atoms with Gasteiger partial charge in [-0.05, 0) is 31.9 Å². The zero-order chi connectivity index (χ0) is 14.5. The first-order valence-electron chi connectivity index (χ1n) is 7.57. The van der Waals surface area contributed by atoms with E-state index >= 15 is 0 Å². The fourth-order valence-electron chi connectivity index (χ4n) is 2.96. The molecule has 1 aromatic heterocycles. The maximum atomic E-state index is 4.05. The van der Waals surface area contributed by atoms with Gasteiger partial charge < -0.3 is 5.32 Å². The number of nitrogens with zero attached hydrogens (tertiary/aromatic N) is 4. The molecule has 3 rings (SSSR count). The Kier molecular flexibility index (Phi) is 4.57. The van der Waals surface area contributed by atoms with Crippen molar-refractivity contribution in [2.24, 2.45) is 0 Å². The monoisotopic (exact) mass is 286 g/mol. The summed E-state index contributed by atoms with van der Waals surface area (Å²) in [6.07, 6.45) is 2.43. The third kappa shape index (κ3) is 3.86. The average molecular weight is 286 g/mol. The molecule has 2 heterocycles. The lowest BCUT2D eigenvalue weighted by Gasteiger charge is -2.34. The van der Waals surface area contributed by atoms with Gasteiger partial charge in [0, 0.05) is 19.1 Å². The number of aromatic nitrogens is 4. The fraction of sp³-hybridized carbons (Fsp3) is 0.533. The van der Waals surface area contributed by atoms with Crippen LogP contribution in [0.5, 0.6) is 0 Å². The summed E-state index contributed by atoms with van der Waals surface area (Å²) in [7, 11) is 0. The molecule has 21 heavy (non-hydrogen) atoms. The summed E-state index contributed by atoms with van der Waals surface area (Å²) in [5.41, 5.74) is 1.38. The van der Waals surface area contributed by atoms with Gasteiger partial charge in [-0.15, -0.1) is 10.2 Å². The fourth-order valence-corrected chi connectivity index (χ4v) is 2.96. The van der Waals surface area contributed by atoms with Crippen LogP contribution in [0.2, 0.25) is 0 Å². The van der Waals surface area contributed by atoms with Gasteiger partial charge in [0.1, 0.15) is 0 Å². The molecule has 0 bridgehead atoms. The third-order valence-corrected chi connectivity index (χ3v) is 3.99. The van der Waals surface area contributed by atoms with E-state index in [9.17, 15) is 0 Å². The molecule has 0 amide bonds. The van der Waals surface area contributed by atoms with E-state index < -0.39 is 0 Å². The van der Waals surface area contributed by atoms with E-state index in [0.717, 1.165) is 18.9 Å². The maximum absolute atomic E-state index is 4.05. The summed E-state index contributed by atoms with van der Waals surface area (Å²) < 4.78 is 0. The minimum absolute atomic E-state index is 0.130. The Morgan fingerprint density at radius 2 is 2.24 bits per heavy atom. The van der Waals surface area contributed by atoms with Gasteiger partial charge in [-0.2, -0.15) is 5.21 Å². The standard InChI is InChI=1S/C15H22N6/c1-12(15-17-19-20-18-15)16-14-8-5-9-21(11-14)10-13-6-3-2-4-7-13/h2-4,6-7,12,14,16H,5,8-11H2,1H3,(H,17,18,19,20). The predicted octanol–water partition coefficient (Wildman–Crippen LogP) is 1.51. The molecule has 0 radical (unpaired) electrons. The number of tetrazole rings is 1. The van der Waals surface area contributed by atoms with Crippen molar-refractivity contribution in [3.8, 4) is 0 Å². The lowest BCUT2D eigenvalue weighted by Crippen LogP contribution is -2.46. The van der Waals surface area contributed by atoms with Crippen molar-refractivity contribution in [3.05, 3.63) is 41.7 Å². The molecule has 1 aliphatic rings. The molecule has 6 nitrogen and oxygen atoms in total. The highest BCUT2D eigenvalue weighted by atomic mass is 15.5. The summed E-state index contributed by atoms with van der Waals surface area (Å²) in [4.78, 5) is 2.51. The third-order valence-electron chi connectivity index (χ3n) is 3.99. The summed E-state index contributed by atoms with van der Waals surface area (Å²) in [5.74, 6) is 0.732. The first kappa shape index (κ1) is 14.2. The molecular weight excluding hydrogens is 264 g/mol. The summed E-state index contributed by atoms with van der Waals surface area (Å²) in [5, 5.41) is 17.8. The Balaban J connectivity index is 1.53. The molecule has 6 heteroatoms. The summed E-state index contributed by atoms with van der Waals surface area (Å²) in [6, 6.07) is 11.3. The van der Waals surface area contributed by atoms with Gasteiger partial charge in [0.05, 0.1) is 6.04 Å². The molecule has 2 unspecified atom stereocenters. The van der Waals surface area contributed by atoms with Gasteiger partial charge in [-0.1, -0.05) is 35.5 Å². The van der Waals surface area contributed by atoms with Gasteiger partial charge in [-0.3, -0.25) is 4.90 Å². The first-order chi connectivity index (χ1) is 10.3. The van der Waals surface area contributed by atoms with Gasteiger partial charge in [0.2, 0.25) is 0 Å². The van der Waals surface area contributed by atoms with Crippen molar-refractivity contribution < 1.29 is 0 Å². The smallest absolute Gasteiger partial charge is 0.191 e. The quantitative estimate of drug-likeness (QED) is 0.872. The number of nitrogens with one attached hydrogen (secondary N) is 2. The molecule has 1 saturated heterocycles. The highest BCUT2D eigenvalue weighted by Crippen LogP contribution is 2.16. The van der Waals surface area contributed by atoms with Crippen LogP contribution in [0.4, 0.5) is 0 Å². The van der Waals surface area contributed by atoms with Crippen LogP contribution in [-0.2, 0) is 6.54 Å². The van der Waals surface area contributed by atoms with E-state index in [2.05, 4.69) is 68.1 Å². The second kappa shape index (κ2) is 6.78. The minimum atomic E-state index is 0.130. The molecule has 1 aliphatic heterocycles. The molecule has 1 fully saturated rings. The van der Waals surface area contributed by atoms with Crippen molar-refractivity contribution in [1.82, 2.24) is 30.8 Å². The lowest BCUT2D eigenvalue weighted by atomic mass is 10.0. The number of hydrogen-bond acceptors (Lipinski definition) is 5. The minimum Gasteiger partial charge on any atom is -0.303 e. The number of rotatable bonds is 5. The Bertz CT molecular complexity index is 526. The molecule has 0 spiro atoms. The first-order valence-corrected chi connectivity index (χ1v) is 7.57. The Morgan fingerprint density at radius 3 is 3.00 bits per heavy atom. The highest BCUT2D eigenvalue weighted by molar-refractivity contribution is 5.14. The van der Waals surface area contributed by atoms with Gasteiger partial charge in [0.25, 0.3) is 0 Å². The van der Waals surface area contributed by atoms with Crippen LogP contribution in [0.1, 0.15) is 37.2 Å². The van der Waals surface area contributed by atoms with Gasteiger partial charge in [0.15, 0.2) is 5.82 Å². The SMILES string of the molecule is CC(NC1CCCN(Cc2ccccc2)C1)c1nn[nH]n1. The van der Waals surface area contributed by atoms with Crippen molar-refractivity contribution in [1.29, 1.82) is 0 Å². The molecular formula is C15H22N6. The van der Waals surface area contributed by atoms with Crippen LogP contribution in [-0.4, -0.2) is 44.7 Å². The van der Waals surface area contributed by atoms with E-state index in [-0.39, 0.29) is 6.04 Å². The molecule has 1 aromatic carbocycles. The van der Waals surface area contributed by atoms with Crippen molar-refractivity contribution in [3.63, 3.8) is 0 Å². The summed E-state index contributed by atoms with van der Waals surface area (Å²) in [6.45, 7) is 5.34. The topological polar surface area (TPSA) is 69.7 Å². The van der Waals surface area contributed by atoms with Gasteiger partial charge >= 0.3 is 0 Å². The maximum Gasteiger partial charge on any atom is 0.191 e. The van der Waals surface area contributed by atoms with Crippen LogP contribution >= 0.6 is 0 Å². The molecule has 0 saturated carbocycles. The number of likely N-dealkylation sites (tertiary alicyclic amines) is 1. The number of H-pyrrole nitrogens is 1. The normalized spacial score (nSPS) is 21.3. The highest BCUT2D eigenvalue weighted by Gasteiger charge is 2.22. The predicted molar refractivity (Wildman–Crippen MR) is 80.5 cm³/mol. The zero-order valence-electron chi connectivity index (χ0n) is 12.4. The van der Waals surface area contributed by atoms with Crippen LogP contribution < -0.4 is 5.32 Å². The van der Waals surface area contributed by atoms with E-state index in [1.807, 2.05) is 0 Å². The molecule has 2 N–H and O–H groups in total. The summed E-state index contributed by atoms with van der Waals surface area (Å²) >= 11 is 0. The Labute approximate surface area is 124 Å². The Morgan fingerprint density at radius 1 is 1.38 bits per heavy atom. The van der Waals surface area contributed by atoms with Crippen LogP contribution in [0.25, 0.3) is 0 Å². The average Bonchev–Trinajstić information content (AvgIpc) is 3.03. The molecule has 112 valence electrons. The number of aromatic amines is 1. The molecule has 2 atom stereocenters. The lowest BCUT2D eigenvalue weighted by molar-refractivity contribution is 0.176. The van der Waals surface area contributed by atoms with E-state index in [0.29, 0.717) is 6.04 Å². The zero-order valence-corrected chi connectivity index (χ0v) is 12.4. The van der Waals surface area contributed by atoms with E-state index in [1.165, 1.54) is 24.9 Å². The number of hydrogen-bond donors (Lipinski definition) is 2. The Hall–Kier alpha value is -1.79. The second-order valence-electron chi connectivity index (χ2n) is 5.72.